The first-order valence-corrected chi connectivity index (χ1v) is 20.9. The number of nitrogens with two attached hydrogens (primary N) is 1. The summed E-state index contributed by atoms with van der Waals surface area (Å²) in [6, 6.07) is 23.5. The number of anilines is 3. The standard InChI is InChI=1S/C43H47BrF3N7O7/c1-2-58-38(55)34-25-42(28-54(34)41(57)60-27-30-11-7-4-8-12-30)15-17-52(18-16-42)35-24-36(50-39(48)49-35)61-37(43(45,46)47)32-14-13-31(44)23-33(32)51-19-21-53(22-20-51)40(56)59-26-29-9-5-3-6-10-29/h3-14,23-24,34,37H,2,15-22,25-28H2,1H3,(H2,48,49,50)/t34?,37-/m1/s1. The van der Waals surface area contributed by atoms with Gasteiger partial charge in [0.1, 0.15) is 25.1 Å². The Morgan fingerprint density at radius 3 is 2.05 bits per heavy atom. The molecule has 61 heavy (non-hydrogen) atoms. The normalized spacial score (nSPS) is 18.1. The number of hydrogen-bond donors (Lipinski definition) is 1. The number of piperazine rings is 1. The van der Waals surface area contributed by atoms with Crippen LogP contribution in [0.3, 0.4) is 0 Å². The number of halogens is 4. The summed E-state index contributed by atoms with van der Waals surface area (Å²) in [7, 11) is 0. The molecule has 2 N–H and O–H groups in total. The lowest BCUT2D eigenvalue weighted by Crippen LogP contribution is -2.49. The summed E-state index contributed by atoms with van der Waals surface area (Å²) >= 11 is 3.41. The molecule has 2 atom stereocenters. The van der Waals surface area contributed by atoms with Crippen molar-refractivity contribution in [1.82, 2.24) is 19.8 Å². The van der Waals surface area contributed by atoms with Crippen molar-refractivity contribution in [2.24, 2.45) is 5.41 Å². The van der Waals surface area contributed by atoms with E-state index in [1.807, 2.05) is 65.6 Å². The zero-order valence-electron chi connectivity index (χ0n) is 33.6. The summed E-state index contributed by atoms with van der Waals surface area (Å²) in [4.78, 5) is 54.3. The Hall–Kier alpha value is -5.78. The first-order valence-electron chi connectivity index (χ1n) is 20.1. The Bertz CT molecular complexity index is 2160. The van der Waals surface area contributed by atoms with E-state index in [1.54, 1.807) is 17.9 Å². The Balaban J connectivity index is 1.02. The molecule has 0 aliphatic carbocycles. The number of carbonyl (C=O) groups is 3. The predicted molar refractivity (Wildman–Crippen MR) is 223 cm³/mol. The highest BCUT2D eigenvalue weighted by atomic mass is 79.9. The summed E-state index contributed by atoms with van der Waals surface area (Å²) in [6.45, 7) is 4.09. The number of aromatic nitrogens is 2. The van der Waals surface area contributed by atoms with Gasteiger partial charge >= 0.3 is 24.3 Å². The van der Waals surface area contributed by atoms with Crippen molar-refractivity contribution in [2.75, 3.05) is 68.0 Å². The van der Waals surface area contributed by atoms with E-state index in [9.17, 15) is 14.4 Å². The molecule has 0 saturated carbocycles. The zero-order chi connectivity index (χ0) is 43.1. The van der Waals surface area contributed by atoms with Gasteiger partial charge in [-0.05, 0) is 54.9 Å². The van der Waals surface area contributed by atoms with E-state index < -0.39 is 41.9 Å². The largest absolute Gasteiger partial charge is 0.464 e. The molecular weight excluding hydrogens is 863 g/mol. The smallest absolute Gasteiger partial charge is 0.429 e. The zero-order valence-corrected chi connectivity index (χ0v) is 35.1. The van der Waals surface area contributed by atoms with Crippen LogP contribution in [0.15, 0.2) is 89.4 Å². The van der Waals surface area contributed by atoms with Gasteiger partial charge in [-0.3, -0.25) is 4.90 Å². The number of nitrogen functional groups attached to an aromatic ring is 1. The number of alkyl halides is 3. The van der Waals surface area contributed by atoms with E-state index in [2.05, 4.69) is 25.9 Å². The molecule has 4 heterocycles. The van der Waals surface area contributed by atoms with Crippen LogP contribution in [-0.4, -0.2) is 103 Å². The predicted octanol–water partition coefficient (Wildman–Crippen LogP) is 7.52. The number of ether oxygens (including phenoxy) is 4. The van der Waals surface area contributed by atoms with Crippen molar-refractivity contribution in [1.29, 1.82) is 0 Å². The topological polar surface area (TPSA) is 153 Å². The molecule has 1 unspecified atom stereocenters. The van der Waals surface area contributed by atoms with Crippen LogP contribution < -0.4 is 20.3 Å². The molecule has 18 heteroatoms. The monoisotopic (exact) mass is 909 g/mol. The summed E-state index contributed by atoms with van der Waals surface area (Å²) in [5.41, 5.74) is 7.45. The Morgan fingerprint density at radius 1 is 0.820 bits per heavy atom. The van der Waals surface area contributed by atoms with Crippen LogP contribution in [0.5, 0.6) is 5.88 Å². The first-order chi connectivity index (χ1) is 29.3. The highest BCUT2D eigenvalue weighted by Crippen LogP contribution is 2.46. The minimum atomic E-state index is -4.87. The Labute approximate surface area is 359 Å². The molecule has 324 valence electrons. The molecule has 7 rings (SSSR count). The highest BCUT2D eigenvalue weighted by Gasteiger charge is 2.51. The van der Waals surface area contributed by atoms with Crippen LogP contribution in [-0.2, 0) is 32.2 Å². The van der Waals surface area contributed by atoms with E-state index in [4.69, 9.17) is 24.7 Å². The number of esters is 1. The van der Waals surface area contributed by atoms with Crippen molar-refractivity contribution in [3.8, 4) is 5.88 Å². The molecule has 3 saturated heterocycles. The first kappa shape index (κ1) is 43.3. The number of likely N-dealkylation sites (tertiary alicyclic amines) is 1. The van der Waals surface area contributed by atoms with Crippen LogP contribution in [0.4, 0.5) is 40.2 Å². The van der Waals surface area contributed by atoms with Crippen LogP contribution in [0.2, 0.25) is 0 Å². The van der Waals surface area contributed by atoms with Gasteiger partial charge in [-0.1, -0.05) is 82.7 Å². The minimum Gasteiger partial charge on any atom is -0.464 e. The SMILES string of the molecule is CCOC(=O)C1CC2(CCN(c3cc(O[C@H](c4ccc(Br)cc4N4CCN(C(=O)OCc5ccccc5)CC4)C(F)(F)F)nc(N)n3)CC2)CN1C(=O)OCc1ccccc1. The van der Waals surface area contributed by atoms with Crippen molar-refractivity contribution in [3.63, 3.8) is 0 Å². The van der Waals surface area contributed by atoms with Crippen molar-refractivity contribution >= 4 is 51.5 Å². The van der Waals surface area contributed by atoms with Gasteiger partial charge in [-0.15, -0.1) is 0 Å². The Kier molecular flexibility index (Phi) is 13.4. The van der Waals surface area contributed by atoms with Gasteiger partial charge in [0.05, 0.1) is 6.61 Å². The van der Waals surface area contributed by atoms with Crippen molar-refractivity contribution in [3.05, 3.63) is 106 Å². The second kappa shape index (κ2) is 18.9. The van der Waals surface area contributed by atoms with Crippen molar-refractivity contribution < 1.29 is 46.5 Å². The van der Waals surface area contributed by atoms with E-state index in [0.29, 0.717) is 36.8 Å². The van der Waals surface area contributed by atoms with Gasteiger partial charge < -0.3 is 39.4 Å². The summed E-state index contributed by atoms with van der Waals surface area (Å²) < 4.78 is 67.8. The number of amides is 2. The van der Waals surface area contributed by atoms with Gasteiger partial charge in [0.25, 0.3) is 0 Å². The molecule has 3 aliphatic heterocycles. The lowest BCUT2D eigenvalue weighted by molar-refractivity contribution is -0.198. The van der Waals surface area contributed by atoms with Gasteiger partial charge in [0, 0.05) is 67.6 Å². The second-order valence-corrected chi connectivity index (χ2v) is 16.2. The van der Waals surface area contributed by atoms with Crippen LogP contribution >= 0.6 is 15.9 Å². The summed E-state index contributed by atoms with van der Waals surface area (Å²) in [6.07, 6.45) is -6.95. The summed E-state index contributed by atoms with van der Waals surface area (Å²) in [5.74, 6) is -0.849. The average Bonchev–Trinajstić information content (AvgIpc) is 3.63. The number of nitrogens with zero attached hydrogens (tertiary/aromatic N) is 6. The maximum Gasteiger partial charge on any atom is 0.429 e. The number of carbonyl (C=O) groups excluding carboxylic acids is 3. The third-order valence-electron chi connectivity index (χ3n) is 11.3. The molecule has 0 bridgehead atoms. The van der Waals surface area contributed by atoms with Gasteiger partial charge in [0.15, 0.2) is 0 Å². The van der Waals surface area contributed by atoms with Gasteiger partial charge in [-0.25, -0.2) is 14.4 Å². The van der Waals surface area contributed by atoms with Crippen LogP contribution in [0.25, 0.3) is 0 Å². The Morgan fingerprint density at radius 2 is 1.44 bits per heavy atom. The maximum absolute atomic E-state index is 15.0. The molecule has 14 nitrogen and oxygen atoms in total. The molecular formula is C43H47BrF3N7O7. The fraction of sp³-hybridized carbons (Fsp3) is 0.419. The van der Waals surface area contributed by atoms with E-state index >= 15 is 13.2 Å². The van der Waals surface area contributed by atoms with Crippen molar-refractivity contribution in [2.45, 2.75) is 57.7 Å². The number of rotatable bonds is 11. The fourth-order valence-electron chi connectivity index (χ4n) is 8.10. The molecule has 3 aromatic carbocycles. The molecule has 4 aromatic rings. The minimum absolute atomic E-state index is 0.0509. The average molecular weight is 911 g/mol. The lowest BCUT2D eigenvalue weighted by Gasteiger charge is -2.39. The quantitative estimate of drug-likeness (QED) is 0.117. The molecule has 3 aliphatic rings. The number of benzene rings is 3. The summed E-state index contributed by atoms with van der Waals surface area (Å²) in [5, 5.41) is 0. The molecule has 2 amide bonds. The maximum atomic E-state index is 15.0. The van der Waals surface area contributed by atoms with Crippen LogP contribution in [0, 0.1) is 5.41 Å². The second-order valence-electron chi connectivity index (χ2n) is 15.3. The third kappa shape index (κ3) is 10.6. The molecule has 1 aromatic heterocycles. The number of piperidine rings is 1. The van der Waals surface area contributed by atoms with Gasteiger partial charge in [-0.2, -0.15) is 23.1 Å². The van der Waals surface area contributed by atoms with E-state index in [1.165, 1.54) is 28.0 Å². The lowest BCUT2D eigenvalue weighted by atomic mass is 9.76. The number of hydrogen-bond acceptors (Lipinski definition) is 12. The van der Waals surface area contributed by atoms with Gasteiger partial charge in [0.2, 0.25) is 17.9 Å². The molecule has 1 spiro atoms. The molecule has 3 fully saturated rings. The van der Waals surface area contributed by atoms with E-state index in [-0.39, 0.29) is 81.4 Å². The highest BCUT2D eigenvalue weighted by molar-refractivity contribution is 9.10. The third-order valence-corrected chi connectivity index (χ3v) is 11.7. The van der Waals surface area contributed by atoms with E-state index in [0.717, 1.165) is 11.1 Å². The fourth-order valence-corrected chi connectivity index (χ4v) is 8.45. The van der Waals surface area contributed by atoms with Crippen LogP contribution in [0.1, 0.15) is 49.0 Å². The molecule has 0 radical (unpaired) electrons.